The summed E-state index contributed by atoms with van der Waals surface area (Å²) >= 11 is 8.45. The molecule has 2 aromatic rings. The zero-order valence-electron chi connectivity index (χ0n) is 10.2. The summed E-state index contributed by atoms with van der Waals surface area (Å²) in [6, 6.07) is 5.32. The van der Waals surface area contributed by atoms with Crippen molar-refractivity contribution in [2.45, 2.75) is 4.90 Å². The Morgan fingerprint density at radius 1 is 1.14 bits per heavy atom. The van der Waals surface area contributed by atoms with Gasteiger partial charge in [-0.2, -0.15) is 0 Å². The van der Waals surface area contributed by atoms with Gasteiger partial charge in [-0.05, 0) is 46.3 Å². The molecule has 0 amide bonds. The van der Waals surface area contributed by atoms with Gasteiger partial charge < -0.3 is 5.73 Å². The molecule has 2 aromatic carbocycles. The molecule has 112 valence electrons. The minimum Gasteiger partial charge on any atom is -0.398 e. The highest BCUT2D eigenvalue weighted by atomic mass is 79.9. The van der Waals surface area contributed by atoms with E-state index in [1.54, 1.807) is 0 Å². The Kier molecular flexibility index (Phi) is 4.40. The summed E-state index contributed by atoms with van der Waals surface area (Å²) in [7, 11) is -4.17. The van der Waals surface area contributed by atoms with Crippen molar-refractivity contribution in [3.8, 4) is 0 Å². The van der Waals surface area contributed by atoms with Gasteiger partial charge in [-0.1, -0.05) is 11.6 Å². The van der Waals surface area contributed by atoms with Crippen LogP contribution >= 0.6 is 27.5 Å². The predicted octanol–water partition coefficient (Wildman–Crippen LogP) is 3.76. The Morgan fingerprint density at radius 3 is 2.43 bits per heavy atom. The van der Waals surface area contributed by atoms with E-state index in [9.17, 15) is 17.2 Å². The van der Waals surface area contributed by atoms with Crippen LogP contribution in [0.15, 0.2) is 39.7 Å². The maximum atomic E-state index is 13.6. The first-order chi connectivity index (χ1) is 9.70. The fraction of sp³-hybridized carbons (Fsp3) is 0. The van der Waals surface area contributed by atoms with Crippen LogP contribution in [0, 0.1) is 11.6 Å². The zero-order chi connectivity index (χ0) is 15.8. The van der Waals surface area contributed by atoms with Crippen molar-refractivity contribution in [1.82, 2.24) is 0 Å². The van der Waals surface area contributed by atoms with Crippen LogP contribution in [-0.2, 0) is 10.0 Å². The fourth-order valence-electron chi connectivity index (χ4n) is 1.55. The molecule has 0 unspecified atom stereocenters. The molecule has 0 fully saturated rings. The molecule has 4 nitrogen and oxygen atoms in total. The van der Waals surface area contributed by atoms with E-state index in [1.807, 2.05) is 4.72 Å². The Hall–Kier alpha value is -1.38. The molecule has 0 aliphatic rings. The minimum absolute atomic E-state index is 0.0753. The van der Waals surface area contributed by atoms with Crippen LogP contribution < -0.4 is 10.5 Å². The predicted molar refractivity (Wildman–Crippen MR) is 80.7 cm³/mol. The van der Waals surface area contributed by atoms with Gasteiger partial charge >= 0.3 is 0 Å². The summed E-state index contributed by atoms with van der Waals surface area (Å²) in [5.74, 6) is -1.55. The third-order valence-corrected chi connectivity index (χ3v) is 4.78. The van der Waals surface area contributed by atoms with Gasteiger partial charge in [0.25, 0.3) is 10.0 Å². The second-order valence-corrected chi connectivity index (χ2v) is 6.98. The van der Waals surface area contributed by atoms with Crippen molar-refractivity contribution in [1.29, 1.82) is 0 Å². The maximum absolute atomic E-state index is 13.6. The number of sulfonamides is 1. The van der Waals surface area contributed by atoms with Crippen molar-refractivity contribution in [3.05, 3.63) is 51.5 Å². The maximum Gasteiger partial charge on any atom is 0.264 e. The summed E-state index contributed by atoms with van der Waals surface area (Å²) in [6.45, 7) is 0. The highest BCUT2D eigenvalue weighted by molar-refractivity contribution is 9.10. The molecule has 3 N–H and O–H groups in total. The van der Waals surface area contributed by atoms with Crippen LogP contribution in [0.4, 0.5) is 20.2 Å². The number of rotatable bonds is 3. The van der Waals surface area contributed by atoms with Gasteiger partial charge in [0.15, 0.2) is 0 Å². The summed E-state index contributed by atoms with van der Waals surface area (Å²) < 4.78 is 53.2. The molecule has 0 aliphatic carbocycles. The molecule has 0 saturated heterocycles. The van der Waals surface area contributed by atoms with Gasteiger partial charge in [-0.3, -0.25) is 4.72 Å². The molecule has 0 aliphatic heterocycles. The number of nitrogens with two attached hydrogens (primary N) is 1. The van der Waals surface area contributed by atoms with Crippen molar-refractivity contribution >= 4 is 48.9 Å². The molecule has 0 heterocycles. The van der Waals surface area contributed by atoms with Gasteiger partial charge in [0.05, 0.1) is 15.8 Å². The quantitative estimate of drug-likeness (QED) is 0.775. The summed E-state index contributed by atoms with van der Waals surface area (Å²) in [5.41, 5.74) is 4.91. The first kappa shape index (κ1) is 16.0. The van der Waals surface area contributed by atoms with Gasteiger partial charge in [0, 0.05) is 5.02 Å². The van der Waals surface area contributed by atoms with E-state index in [1.165, 1.54) is 12.1 Å². The third kappa shape index (κ3) is 3.45. The standard InChI is InChI=1S/C12H8BrClF2N2O2S/c13-7-4-12(10(17)5-8(7)15)21(19,20)18-11-2-1-6(14)3-9(11)16/h1-5,18H,17H2. The molecule has 0 bridgehead atoms. The monoisotopic (exact) mass is 396 g/mol. The molecule has 0 saturated carbocycles. The molecular formula is C12H8BrClF2N2O2S. The van der Waals surface area contributed by atoms with Crippen LogP contribution in [0.2, 0.25) is 5.02 Å². The summed E-state index contributed by atoms with van der Waals surface area (Å²) in [6.07, 6.45) is 0. The normalized spacial score (nSPS) is 11.4. The Balaban J connectivity index is 2.46. The lowest BCUT2D eigenvalue weighted by molar-refractivity contribution is 0.597. The van der Waals surface area contributed by atoms with E-state index in [2.05, 4.69) is 15.9 Å². The average molecular weight is 398 g/mol. The molecule has 0 aromatic heterocycles. The van der Waals surface area contributed by atoms with E-state index >= 15 is 0 Å². The smallest absolute Gasteiger partial charge is 0.264 e. The van der Waals surface area contributed by atoms with Crippen LogP contribution in [0.5, 0.6) is 0 Å². The molecule has 21 heavy (non-hydrogen) atoms. The number of halogens is 4. The number of anilines is 2. The van der Waals surface area contributed by atoms with Crippen LogP contribution in [0.1, 0.15) is 0 Å². The number of hydrogen-bond donors (Lipinski definition) is 2. The van der Waals surface area contributed by atoms with E-state index < -0.39 is 21.7 Å². The average Bonchev–Trinajstić information content (AvgIpc) is 2.37. The van der Waals surface area contributed by atoms with Crippen molar-refractivity contribution < 1.29 is 17.2 Å². The van der Waals surface area contributed by atoms with E-state index in [0.717, 1.165) is 18.2 Å². The highest BCUT2D eigenvalue weighted by Crippen LogP contribution is 2.28. The van der Waals surface area contributed by atoms with Gasteiger partial charge in [0.1, 0.15) is 16.5 Å². The van der Waals surface area contributed by atoms with Crippen LogP contribution in [0.3, 0.4) is 0 Å². The lowest BCUT2D eigenvalue weighted by Gasteiger charge is -2.11. The lowest BCUT2D eigenvalue weighted by Crippen LogP contribution is -2.16. The van der Waals surface area contributed by atoms with Crippen molar-refractivity contribution in [3.63, 3.8) is 0 Å². The number of benzene rings is 2. The second kappa shape index (κ2) is 5.78. The van der Waals surface area contributed by atoms with Crippen molar-refractivity contribution in [2.24, 2.45) is 0 Å². The first-order valence-electron chi connectivity index (χ1n) is 5.43. The lowest BCUT2D eigenvalue weighted by atomic mass is 10.3. The SMILES string of the molecule is Nc1cc(F)c(Br)cc1S(=O)(=O)Nc1ccc(Cl)cc1F. The van der Waals surface area contributed by atoms with Gasteiger partial charge in [-0.25, -0.2) is 17.2 Å². The highest BCUT2D eigenvalue weighted by Gasteiger charge is 2.21. The van der Waals surface area contributed by atoms with E-state index in [-0.39, 0.29) is 25.8 Å². The first-order valence-corrected chi connectivity index (χ1v) is 8.08. The largest absolute Gasteiger partial charge is 0.398 e. The number of hydrogen-bond acceptors (Lipinski definition) is 3. The molecule has 9 heteroatoms. The zero-order valence-corrected chi connectivity index (χ0v) is 13.4. The third-order valence-electron chi connectivity index (χ3n) is 2.52. The summed E-state index contributed by atoms with van der Waals surface area (Å²) in [4.78, 5) is -0.370. The van der Waals surface area contributed by atoms with E-state index in [0.29, 0.717) is 0 Å². The fourth-order valence-corrected chi connectivity index (χ4v) is 3.41. The van der Waals surface area contributed by atoms with Gasteiger partial charge in [-0.15, -0.1) is 0 Å². The van der Waals surface area contributed by atoms with Crippen LogP contribution in [0.25, 0.3) is 0 Å². The Labute approximate surface area is 133 Å². The minimum atomic E-state index is -4.17. The summed E-state index contributed by atoms with van der Waals surface area (Å²) in [5, 5.41) is 0.125. The molecule has 0 atom stereocenters. The van der Waals surface area contributed by atoms with Crippen LogP contribution in [-0.4, -0.2) is 8.42 Å². The van der Waals surface area contributed by atoms with Gasteiger partial charge in [0.2, 0.25) is 0 Å². The number of nitrogens with one attached hydrogen (secondary N) is 1. The molecule has 2 rings (SSSR count). The number of nitrogen functional groups attached to an aromatic ring is 1. The van der Waals surface area contributed by atoms with E-state index in [4.69, 9.17) is 17.3 Å². The second-order valence-electron chi connectivity index (χ2n) is 4.03. The Morgan fingerprint density at radius 2 is 1.81 bits per heavy atom. The topological polar surface area (TPSA) is 72.2 Å². The Bertz CT molecular complexity index is 815. The van der Waals surface area contributed by atoms with Crippen molar-refractivity contribution in [2.75, 3.05) is 10.5 Å². The molecular weight excluding hydrogens is 390 g/mol. The molecule has 0 radical (unpaired) electrons. The molecule has 0 spiro atoms.